The summed E-state index contributed by atoms with van der Waals surface area (Å²) in [6.45, 7) is 5.42. The maximum Gasteiger partial charge on any atom is 0.247 e. The first-order valence-electron chi connectivity index (χ1n) is 8.79. The minimum atomic E-state index is -0.560. The Morgan fingerprint density at radius 3 is 2.96 bits per heavy atom. The maximum atomic E-state index is 13.1. The van der Waals surface area contributed by atoms with Crippen molar-refractivity contribution in [2.45, 2.75) is 64.0 Å². The summed E-state index contributed by atoms with van der Waals surface area (Å²) in [5.74, 6) is 0.456. The maximum absolute atomic E-state index is 13.1. The molecule has 0 spiro atoms. The van der Waals surface area contributed by atoms with Crippen molar-refractivity contribution in [3.05, 3.63) is 6.33 Å². The van der Waals surface area contributed by atoms with E-state index in [4.69, 9.17) is 0 Å². The number of hydrogen-bond acceptors (Lipinski definition) is 5. The highest BCUT2D eigenvalue weighted by molar-refractivity contribution is 5.80. The Hall–Kier alpha value is -1.50. The summed E-state index contributed by atoms with van der Waals surface area (Å²) in [6, 6.07) is -0.357. The molecule has 7 nitrogen and oxygen atoms in total. The van der Waals surface area contributed by atoms with Crippen LogP contribution in [0.15, 0.2) is 6.33 Å². The minimum absolute atomic E-state index is 0.0827. The molecule has 2 aliphatic rings. The van der Waals surface area contributed by atoms with Gasteiger partial charge >= 0.3 is 0 Å². The van der Waals surface area contributed by atoms with Crippen molar-refractivity contribution < 1.29 is 9.90 Å². The second-order valence-corrected chi connectivity index (χ2v) is 7.20. The van der Waals surface area contributed by atoms with Crippen LogP contribution in [-0.2, 0) is 4.79 Å². The number of fused-ring (bicyclic) bond motifs is 1. The molecule has 7 heteroatoms. The zero-order chi connectivity index (χ0) is 16.4. The lowest BCUT2D eigenvalue weighted by Gasteiger charge is -2.48. The van der Waals surface area contributed by atoms with Gasteiger partial charge in [-0.3, -0.25) is 4.79 Å². The molecular weight excluding hydrogens is 294 g/mol. The monoisotopic (exact) mass is 321 g/mol. The lowest BCUT2D eigenvalue weighted by atomic mass is 9.71. The summed E-state index contributed by atoms with van der Waals surface area (Å²) >= 11 is 0. The fourth-order valence-corrected chi connectivity index (χ4v) is 4.09. The fourth-order valence-electron chi connectivity index (χ4n) is 4.09. The number of piperidine rings is 1. The van der Waals surface area contributed by atoms with Crippen molar-refractivity contribution in [2.75, 3.05) is 13.1 Å². The molecule has 1 aromatic heterocycles. The van der Waals surface area contributed by atoms with E-state index in [9.17, 15) is 9.90 Å². The topological polar surface area (TPSA) is 84.1 Å². The van der Waals surface area contributed by atoms with Crippen molar-refractivity contribution in [1.29, 1.82) is 0 Å². The molecule has 0 radical (unpaired) electrons. The highest BCUT2D eigenvalue weighted by Crippen LogP contribution is 2.40. The first-order valence-corrected chi connectivity index (χ1v) is 8.79. The standard InChI is InChI=1S/C16H27N5O2/c1-3-12(2)14(21-11-17-18-19-21)15(22)20-9-8-16(23)7-5-4-6-13(16)10-20/h11-14,23H,3-10H2,1-2H3/t12-,13+,14-,16+/m0/s1. The van der Waals surface area contributed by atoms with Crippen LogP contribution in [-0.4, -0.2) is 54.8 Å². The molecular formula is C16H27N5O2. The molecule has 1 aliphatic heterocycles. The van der Waals surface area contributed by atoms with Gasteiger partial charge in [0.1, 0.15) is 12.4 Å². The predicted octanol–water partition coefficient (Wildman–Crippen LogP) is 1.41. The summed E-state index contributed by atoms with van der Waals surface area (Å²) in [5, 5.41) is 22.1. The van der Waals surface area contributed by atoms with Crippen LogP contribution in [0.1, 0.15) is 58.4 Å². The van der Waals surface area contributed by atoms with E-state index in [2.05, 4.69) is 29.4 Å². The number of likely N-dealkylation sites (tertiary alicyclic amines) is 1. The van der Waals surface area contributed by atoms with Gasteiger partial charge in [-0.2, -0.15) is 0 Å². The Labute approximate surface area is 137 Å². The smallest absolute Gasteiger partial charge is 0.247 e. The van der Waals surface area contributed by atoms with Gasteiger partial charge < -0.3 is 10.0 Å². The van der Waals surface area contributed by atoms with Crippen molar-refractivity contribution in [3.63, 3.8) is 0 Å². The Kier molecular flexibility index (Phi) is 4.66. The molecule has 1 saturated carbocycles. The fraction of sp³-hybridized carbons (Fsp3) is 0.875. The zero-order valence-electron chi connectivity index (χ0n) is 14.1. The molecule has 0 bridgehead atoms. The molecule has 0 unspecified atom stereocenters. The SMILES string of the molecule is CC[C@H](C)[C@@H](C(=O)N1CC[C@]2(O)CCCC[C@@H]2C1)n1cnnn1. The molecule has 0 aromatic carbocycles. The van der Waals surface area contributed by atoms with E-state index in [0.717, 1.165) is 32.1 Å². The molecule has 1 saturated heterocycles. The number of aliphatic hydroxyl groups is 1. The summed E-state index contributed by atoms with van der Waals surface area (Å²) in [6.07, 6.45) is 7.23. The van der Waals surface area contributed by atoms with Crippen LogP contribution in [0.5, 0.6) is 0 Å². The third-order valence-electron chi connectivity index (χ3n) is 5.83. The van der Waals surface area contributed by atoms with Crippen molar-refractivity contribution in [1.82, 2.24) is 25.1 Å². The van der Waals surface area contributed by atoms with Crippen LogP contribution in [0.3, 0.4) is 0 Å². The zero-order valence-corrected chi connectivity index (χ0v) is 14.1. The van der Waals surface area contributed by atoms with Crippen molar-refractivity contribution >= 4 is 5.91 Å². The van der Waals surface area contributed by atoms with Crippen LogP contribution in [0, 0.1) is 11.8 Å². The van der Waals surface area contributed by atoms with Gasteiger partial charge in [0.2, 0.25) is 5.91 Å². The Balaban J connectivity index is 1.76. The first kappa shape index (κ1) is 16.4. The largest absolute Gasteiger partial charge is 0.389 e. The molecule has 2 fully saturated rings. The first-order chi connectivity index (χ1) is 11.0. The minimum Gasteiger partial charge on any atom is -0.389 e. The van der Waals surface area contributed by atoms with Gasteiger partial charge in [-0.15, -0.1) is 5.10 Å². The van der Waals surface area contributed by atoms with E-state index in [-0.39, 0.29) is 23.8 Å². The molecule has 3 rings (SSSR count). The van der Waals surface area contributed by atoms with Gasteiger partial charge in [-0.25, -0.2) is 4.68 Å². The van der Waals surface area contributed by atoms with E-state index >= 15 is 0 Å². The van der Waals surface area contributed by atoms with E-state index in [0.29, 0.717) is 19.5 Å². The van der Waals surface area contributed by atoms with Crippen LogP contribution in [0.4, 0.5) is 0 Å². The number of hydrogen-bond donors (Lipinski definition) is 1. The number of amides is 1. The number of aromatic nitrogens is 4. The molecule has 1 aliphatic carbocycles. The molecule has 128 valence electrons. The molecule has 4 atom stereocenters. The second kappa shape index (κ2) is 6.55. The van der Waals surface area contributed by atoms with Gasteiger partial charge in [0.05, 0.1) is 5.60 Å². The molecule has 1 aromatic rings. The van der Waals surface area contributed by atoms with E-state index < -0.39 is 5.60 Å². The second-order valence-electron chi connectivity index (χ2n) is 7.20. The van der Waals surface area contributed by atoms with E-state index in [1.54, 1.807) is 4.68 Å². The van der Waals surface area contributed by atoms with E-state index in [1.807, 2.05) is 4.90 Å². The van der Waals surface area contributed by atoms with Gasteiger partial charge in [0.15, 0.2) is 0 Å². The summed E-state index contributed by atoms with van der Waals surface area (Å²) in [7, 11) is 0. The van der Waals surface area contributed by atoms with E-state index in [1.165, 1.54) is 6.33 Å². The van der Waals surface area contributed by atoms with Crippen LogP contribution in [0.2, 0.25) is 0 Å². The highest BCUT2D eigenvalue weighted by Gasteiger charge is 2.45. The number of tetrazole rings is 1. The average molecular weight is 321 g/mol. The predicted molar refractivity (Wildman–Crippen MR) is 84.4 cm³/mol. The molecule has 23 heavy (non-hydrogen) atoms. The van der Waals surface area contributed by atoms with Gasteiger partial charge in [0.25, 0.3) is 0 Å². The summed E-state index contributed by atoms with van der Waals surface area (Å²) in [4.78, 5) is 15.0. The number of nitrogens with zero attached hydrogens (tertiary/aromatic N) is 5. The van der Waals surface area contributed by atoms with Crippen molar-refractivity contribution in [2.24, 2.45) is 11.8 Å². The quantitative estimate of drug-likeness (QED) is 0.906. The molecule has 2 heterocycles. The highest BCUT2D eigenvalue weighted by atomic mass is 16.3. The van der Waals surface area contributed by atoms with Crippen LogP contribution in [0.25, 0.3) is 0 Å². The lowest BCUT2D eigenvalue weighted by molar-refractivity contribution is -0.148. The summed E-state index contributed by atoms with van der Waals surface area (Å²) in [5.41, 5.74) is -0.560. The van der Waals surface area contributed by atoms with Crippen LogP contribution >= 0.6 is 0 Å². The Morgan fingerprint density at radius 1 is 1.43 bits per heavy atom. The normalized spacial score (nSPS) is 30.6. The van der Waals surface area contributed by atoms with Crippen LogP contribution < -0.4 is 0 Å². The van der Waals surface area contributed by atoms with Gasteiger partial charge in [-0.05, 0) is 35.6 Å². The third kappa shape index (κ3) is 3.11. The average Bonchev–Trinajstić information content (AvgIpc) is 3.07. The number of carbonyl (C=O) groups excluding carboxylic acids is 1. The Morgan fingerprint density at radius 2 is 2.26 bits per heavy atom. The number of rotatable bonds is 4. The molecule has 1 N–H and O–H groups in total. The van der Waals surface area contributed by atoms with Gasteiger partial charge in [-0.1, -0.05) is 33.1 Å². The summed E-state index contributed by atoms with van der Waals surface area (Å²) < 4.78 is 1.58. The lowest BCUT2D eigenvalue weighted by Crippen LogP contribution is -2.56. The third-order valence-corrected chi connectivity index (χ3v) is 5.83. The number of carbonyl (C=O) groups is 1. The molecule has 1 amide bonds. The van der Waals surface area contributed by atoms with Gasteiger partial charge in [0, 0.05) is 19.0 Å². The van der Waals surface area contributed by atoms with Crippen molar-refractivity contribution in [3.8, 4) is 0 Å². The Bertz CT molecular complexity index is 535.